The molecule has 2 aromatic rings. The van der Waals surface area contributed by atoms with Gasteiger partial charge in [0, 0.05) is 0 Å². The van der Waals surface area contributed by atoms with Crippen molar-refractivity contribution in [1.29, 1.82) is 0 Å². The molecule has 0 aliphatic rings. The maximum Gasteiger partial charge on any atom is 0.473 e. The highest BCUT2D eigenvalue weighted by Crippen LogP contribution is 2.49. The van der Waals surface area contributed by atoms with E-state index in [2.05, 4.69) is 0 Å². The molecule has 0 saturated heterocycles. The standard InChI is InChI=1S/C16H20NO4P/c17-12-7-13-20-22(18,19)21-16(14-8-3-1-4-9-14)15-10-5-2-6-11-15/h1-6,8-11,16H,7,12-13,17H2,(H,18,19). The third-order valence-electron chi connectivity index (χ3n) is 3.05. The van der Waals surface area contributed by atoms with Gasteiger partial charge in [0.05, 0.1) is 6.61 Å². The van der Waals surface area contributed by atoms with Crippen LogP contribution in [0.25, 0.3) is 0 Å². The van der Waals surface area contributed by atoms with Gasteiger partial charge in [0.25, 0.3) is 0 Å². The third kappa shape index (κ3) is 5.05. The molecule has 0 aliphatic carbocycles. The van der Waals surface area contributed by atoms with E-state index in [4.69, 9.17) is 14.8 Å². The summed E-state index contributed by atoms with van der Waals surface area (Å²) in [6.07, 6.45) is -0.175. The van der Waals surface area contributed by atoms with Crippen LogP contribution in [0.4, 0.5) is 0 Å². The molecule has 0 radical (unpaired) electrons. The summed E-state index contributed by atoms with van der Waals surface area (Å²) >= 11 is 0. The van der Waals surface area contributed by atoms with Crippen LogP contribution in [0.2, 0.25) is 0 Å². The summed E-state index contributed by atoms with van der Waals surface area (Å²) in [7, 11) is -4.16. The van der Waals surface area contributed by atoms with Crippen molar-refractivity contribution < 1.29 is 18.5 Å². The number of rotatable bonds is 8. The van der Waals surface area contributed by atoms with Gasteiger partial charge in [-0.1, -0.05) is 60.7 Å². The summed E-state index contributed by atoms with van der Waals surface area (Å²) in [5.74, 6) is 0. The summed E-state index contributed by atoms with van der Waals surface area (Å²) in [4.78, 5) is 9.90. The van der Waals surface area contributed by atoms with Crippen LogP contribution in [0.3, 0.4) is 0 Å². The zero-order chi connectivity index (χ0) is 15.8. The zero-order valence-corrected chi connectivity index (χ0v) is 13.1. The molecular weight excluding hydrogens is 301 g/mol. The highest BCUT2D eigenvalue weighted by atomic mass is 31.2. The molecular formula is C16H20NO4P. The molecule has 3 N–H and O–H groups in total. The zero-order valence-electron chi connectivity index (χ0n) is 12.2. The summed E-state index contributed by atoms with van der Waals surface area (Å²) in [6, 6.07) is 18.5. The predicted molar refractivity (Wildman–Crippen MR) is 85.3 cm³/mol. The van der Waals surface area contributed by atoms with Crippen molar-refractivity contribution in [3.63, 3.8) is 0 Å². The van der Waals surface area contributed by atoms with Crippen LogP contribution >= 0.6 is 7.82 Å². The Kier molecular flexibility index (Phi) is 6.31. The molecule has 2 rings (SSSR count). The Bertz CT molecular complexity index is 567. The smallest absolute Gasteiger partial charge is 0.330 e. The highest BCUT2D eigenvalue weighted by molar-refractivity contribution is 7.47. The van der Waals surface area contributed by atoms with Crippen LogP contribution in [0.5, 0.6) is 0 Å². The first kappa shape index (κ1) is 16.9. The van der Waals surface area contributed by atoms with E-state index in [1.807, 2.05) is 60.7 Å². The molecule has 0 aromatic heterocycles. The van der Waals surface area contributed by atoms with Crippen LogP contribution in [0.15, 0.2) is 60.7 Å². The van der Waals surface area contributed by atoms with Gasteiger partial charge >= 0.3 is 7.82 Å². The Balaban J connectivity index is 2.21. The van der Waals surface area contributed by atoms with Gasteiger partial charge in [0.1, 0.15) is 6.10 Å². The summed E-state index contributed by atoms with van der Waals surface area (Å²) in [6.45, 7) is 0.474. The molecule has 1 atom stereocenters. The molecule has 0 heterocycles. The van der Waals surface area contributed by atoms with Crippen molar-refractivity contribution in [3.8, 4) is 0 Å². The molecule has 1 unspecified atom stereocenters. The molecule has 0 bridgehead atoms. The molecule has 0 aliphatic heterocycles. The fourth-order valence-electron chi connectivity index (χ4n) is 2.00. The number of hydrogen-bond acceptors (Lipinski definition) is 4. The molecule has 0 amide bonds. The minimum Gasteiger partial charge on any atom is -0.330 e. The van der Waals surface area contributed by atoms with E-state index in [1.165, 1.54) is 0 Å². The van der Waals surface area contributed by atoms with Gasteiger partial charge in [-0.3, -0.25) is 9.05 Å². The van der Waals surface area contributed by atoms with Crippen molar-refractivity contribution in [1.82, 2.24) is 0 Å². The summed E-state index contributed by atoms with van der Waals surface area (Å²) < 4.78 is 22.5. The van der Waals surface area contributed by atoms with E-state index < -0.39 is 13.9 Å². The largest absolute Gasteiger partial charge is 0.473 e. The van der Waals surface area contributed by atoms with E-state index in [-0.39, 0.29) is 6.61 Å². The molecule has 0 fully saturated rings. The molecule has 2 aromatic carbocycles. The van der Waals surface area contributed by atoms with E-state index in [9.17, 15) is 9.46 Å². The maximum atomic E-state index is 12.1. The Morgan fingerprint density at radius 2 is 1.50 bits per heavy atom. The van der Waals surface area contributed by atoms with Gasteiger partial charge < -0.3 is 10.6 Å². The summed E-state index contributed by atoms with van der Waals surface area (Å²) in [5, 5.41) is 0. The van der Waals surface area contributed by atoms with Gasteiger partial charge in [-0.2, -0.15) is 0 Å². The van der Waals surface area contributed by atoms with Crippen LogP contribution in [0.1, 0.15) is 23.7 Å². The fraction of sp³-hybridized carbons (Fsp3) is 0.250. The van der Waals surface area contributed by atoms with E-state index in [0.717, 1.165) is 11.1 Å². The minimum absolute atomic E-state index is 0.0839. The summed E-state index contributed by atoms with van der Waals surface area (Å²) in [5.41, 5.74) is 6.91. The lowest BCUT2D eigenvalue weighted by Gasteiger charge is -2.21. The lowest BCUT2D eigenvalue weighted by Crippen LogP contribution is -2.08. The molecule has 22 heavy (non-hydrogen) atoms. The van der Waals surface area contributed by atoms with Gasteiger partial charge in [0.15, 0.2) is 0 Å². The van der Waals surface area contributed by atoms with Crippen molar-refractivity contribution in [2.45, 2.75) is 12.5 Å². The SMILES string of the molecule is NCCCOP(=O)(O)OC(c1ccccc1)c1ccccc1. The van der Waals surface area contributed by atoms with Gasteiger partial charge in [-0.05, 0) is 24.1 Å². The molecule has 0 spiro atoms. The first-order valence-electron chi connectivity index (χ1n) is 7.08. The quantitative estimate of drug-likeness (QED) is 0.576. The highest BCUT2D eigenvalue weighted by Gasteiger charge is 2.28. The lowest BCUT2D eigenvalue weighted by molar-refractivity contribution is 0.121. The molecule has 0 saturated carbocycles. The van der Waals surface area contributed by atoms with E-state index in [0.29, 0.717) is 13.0 Å². The fourth-order valence-corrected chi connectivity index (χ4v) is 2.93. The minimum atomic E-state index is -4.16. The Morgan fingerprint density at radius 1 is 1.00 bits per heavy atom. The Labute approximate surface area is 130 Å². The topological polar surface area (TPSA) is 81.8 Å². The normalized spacial score (nSPS) is 14.0. The van der Waals surface area contributed by atoms with E-state index >= 15 is 0 Å². The van der Waals surface area contributed by atoms with Gasteiger partial charge in [-0.25, -0.2) is 4.57 Å². The van der Waals surface area contributed by atoms with Crippen LogP contribution < -0.4 is 5.73 Å². The van der Waals surface area contributed by atoms with Crippen molar-refractivity contribution >= 4 is 7.82 Å². The first-order valence-corrected chi connectivity index (χ1v) is 8.57. The van der Waals surface area contributed by atoms with Crippen LogP contribution in [0, 0.1) is 0 Å². The maximum absolute atomic E-state index is 12.1. The number of benzene rings is 2. The monoisotopic (exact) mass is 321 g/mol. The Hall–Kier alpha value is -1.49. The van der Waals surface area contributed by atoms with Gasteiger partial charge in [0.2, 0.25) is 0 Å². The number of phosphoric acid groups is 1. The number of phosphoric ester groups is 1. The first-order chi connectivity index (χ1) is 10.6. The van der Waals surface area contributed by atoms with Crippen LogP contribution in [-0.4, -0.2) is 18.0 Å². The lowest BCUT2D eigenvalue weighted by atomic mass is 10.0. The molecule has 6 heteroatoms. The van der Waals surface area contributed by atoms with Crippen LogP contribution in [-0.2, 0) is 13.6 Å². The molecule has 118 valence electrons. The predicted octanol–water partition coefficient (Wildman–Crippen LogP) is 3.26. The third-order valence-corrected chi connectivity index (χ3v) is 4.03. The second-order valence-electron chi connectivity index (χ2n) is 4.75. The average molecular weight is 321 g/mol. The molecule has 5 nitrogen and oxygen atoms in total. The second-order valence-corrected chi connectivity index (χ2v) is 6.16. The average Bonchev–Trinajstić information content (AvgIpc) is 2.54. The second kappa shape index (κ2) is 8.22. The van der Waals surface area contributed by atoms with Crippen molar-refractivity contribution in [2.24, 2.45) is 5.73 Å². The van der Waals surface area contributed by atoms with E-state index in [1.54, 1.807) is 0 Å². The van der Waals surface area contributed by atoms with Gasteiger partial charge in [-0.15, -0.1) is 0 Å². The number of hydrogen-bond donors (Lipinski definition) is 2. The van der Waals surface area contributed by atoms with Crippen molar-refractivity contribution in [3.05, 3.63) is 71.8 Å². The number of nitrogens with two attached hydrogens (primary N) is 1. The Morgan fingerprint density at radius 3 is 1.95 bits per heavy atom. The van der Waals surface area contributed by atoms with Crippen molar-refractivity contribution in [2.75, 3.05) is 13.2 Å².